The molecule has 0 saturated carbocycles. The molecule has 3 aromatic carbocycles. The van der Waals surface area contributed by atoms with Crippen molar-refractivity contribution in [1.82, 2.24) is 15.0 Å². The Morgan fingerprint density at radius 1 is 0.800 bits per heavy atom. The molecule has 1 N–H and O–H groups in total. The number of hydrogen-bond acceptors (Lipinski definition) is 5. The molecule has 35 heavy (non-hydrogen) atoms. The van der Waals surface area contributed by atoms with Crippen molar-refractivity contribution >= 4 is 57.5 Å². The largest absolute Gasteiger partial charge is 0.340 e. The molecule has 0 fully saturated rings. The van der Waals surface area contributed by atoms with E-state index in [0.717, 1.165) is 46.6 Å². The van der Waals surface area contributed by atoms with Gasteiger partial charge < -0.3 is 5.32 Å². The Hall–Kier alpha value is -3.12. The van der Waals surface area contributed by atoms with Crippen molar-refractivity contribution in [2.24, 2.45) is 0 Å². The second kappa shape index (κ2) is 9.15. The average Bonchev–Trinajstić information content (AvgIpc) is 2.89. The van der Waals surface area contributed by atoms with Crippen LogP contribution in [0.25, 0.3) is 33.4 Å². The third-order valence-corrected chi connectivity index (χ3v) is 7.32. The monoisotopic (exact) mass is 514 g/mol. The third-order valence-electron chi connectivity index (χ3n) is 6.26. The summed E-state index contributed by atoms with van der Waals surface area (Å²) in [7, 11) is 0. The lowest BCUT2D eigenvalue weighted by Gasteiger charge is -2.24. The van der Waals surface area contributed by atoms with E-state index in [1.165, 1.54) is 28.5 Å². The van der Waals surface area contributed by atoms with E-state index in [9.17, 15) is 0 Å². The molecule has 0 spiro atoms. The predicted octanol–water partition coefficient (Wildman–Crippen LogP) is 8.23. The highest BCUT2D eigenvalue weighted by Crippen LogP contribution is 2.44. The van der Waals surface area contributed by atoms with Gasteiger partial charge in [0.2, 0.25) is 0 Å². The van der Waals surface area contributed by atoms with E-state index in [2.05, 4.69) is 41.7 Å². The molecule has 2 heterocycles. The van der Waals surface area contributed by atoms with Gasteiger partial charge in [-0.2, -0.15) is 0 Å². The molecule has 0 bridgehead atoms. The molecule has 0 atom stereocenters. The summed E-state index contributed by atoms with van der Waals surface area (Å²) in [6.45, 7) is 0. The van der Waals surface area contributed by atoms with E-state index in [4.69, 9.17) is 38.2 Å². The second-order valence-electron chi connectivity index (χ2n) is 8.37. The number of hydrogen-bond donors (Lipinski definition) is 1. The molecule has 5 aromatic rings. The molecule has 172 valence electrons. The lowest BCUT2D eigenvalue weighted by Crippen LogP contribution is -2.10. The Morgan fingerprint density at radius 3 is 2.26 bits per heavy atom. The standard InChI is InChI=1S/C28H20Cl2N4S/c1-35-28-33-26(31-20-13-11-19(30)12-14-20)24-23(17-6-9-18(29)10-7-17)22-15-8-16-4-2-3-5-21(16)25(22)32-27(24)34-28/h2-7,9-14H,8,15H2,1H3,(H,31,32,33,34). The maximum absolute atomic E-state index is 6.26. The second-order valence-corrected chi connectivity index (χ2v) is 10.0. The van der Waals surface area contributed by atoms with Crippen LogP contribution in [0.2, 0.25) is 10.0 Å². The van der Waals surface area contributed by atoms with Gasteiger partial charge in [0.15, 0.2) is 10.8 Å². The van der Waals surface area contributed by atoms with E-state index < -0.39 is 0 Å². The maximum Gasteiger partial charge on any atom is 0.191 e. The SMILES string of the molecule is CSc1nc(Nc2ccc(Cl)cc2)c2c(-c3ccc(Cl)cc3)c3c(nc2n1)-c1ccccc1CC3. The molecular weight excluding hydrogens is 495 g/mol. The van der Waals surface area contributed by atoms with Gasteiger partial charge in [-0.1, -0.05) is 71.4 Å². The van der Waals surface area contributed by atoms with Crippen LogP contribution in [0.4, 0.5) is 11.5 Å². The smallest absolute Gasteiger partial charge is 0.191 e. The van der Waals surface area contributed by atoms with Gasteiger partial charge in [0, 0.05) is 26.9 Å². The van der Waals surface area contributed by atoms with Crippen molar-refractivity contribution < 1.29 is 0 Å². The van der Waals surface area contributed by atoms with Gasteiger partial charge in [0.25, 0.3) is 0 Å². The highest BCUT2D eigenvalue weighted by Gasteiger charge is 2.26. The zero-order valence-electron chi connectivity index (χ0n) is 18.8. The minimum Gasteiger partial charge on any atom is -0.340 e. The number of pyridine rings is 1. The van der Waals surface area contributed by atoms with E-state index in [1.54, 1.807) is 0 Å². The minimum atomic E-state index is 0.660. The van der Waals surface area contributed by atoms with Gasteiger partial charge in [0.05, 0.1) is 11.1 Å². The summed E-state index contributed by atoms with van der Waals surface area (Å²) in [6, 6.07) is 24.1. The van der Waals surface area contributed by atoms with E-state index in [0.29, 0.717) is 20.8 Å². The number of fused-ring (bicyclic) bond motifs is 4. The van der Waals surface area contributed by atoms with Crippen molar-refractivity contribution in [2.75, 3.05) is 11.6 Å². The first-order chi connectivity index (χ1) is 17.1. The number of rotatable bonds is 4. The summed E-state index contributed by atoms with van der Waals surface area (Å²) >= 11 is 13.9. The molecule has 0 aliphatic heterocycles. The van der Waals surface area contributed by atoms with Crippen LogP contribution in [-0.4, -0.2) is 21.2 Å². The van der Waals surface area contributed by atoms with Crippen LogP contribution in [0.3, 0.4) is 0 Å². The van der Waals surface area contributed by atoms with E-state index in [-0.39, 0.29) is 0 Å². The van der Waals surface area contributed by atoms with Gasteiger partial charge in [0.1, 0.15) is 5.82 Å². The molecule has 0 amide bonds. The number of thioether (sulfide) groups is 1. The van der Waals surface area contributed by atoms with Crippen LogP contribution >= 0.6 is 35.0 Å². The number of anilines is 2. The summed E-state index contributed by atoms with van der Waals surface area (Å²) in [5.41, 5.74) is 8.41. The predicted molar refractivity (Wildman–Crippen MR) is 147 cm³/mol. The molecule has 1 aliphatic carbocycles. The number of nitrogens with zero attached hydrogens (tertiary/aromatic N) is 3. The lowest BCUT2D eigenvalue weighted by molar-refractivity contribution is 0.927. The molecular formula is C28H20Cl2N4S. The quantitative estimate of drug-likeness (QED) is 0.193. The fraction of sp³-hybridized carbons (Fsp3) is 0.107. The fourth-order valence-corrected chi connectivity index (χ4v) is 5.28. The van der Waals surface area contributed by atoms with Crippen LogP contribution in [0.1, 0.15) is 11.1 Å². The number of aromatic nitrogens is 3. The molecule has 0 saturated heterocycles. The highest BCUT2D eigenvalue weighted by atomic mass is 35.5. The van der Waals surface area contributed by atoms with Crippen LogP contribution in [0.15, 0.2) is 78.0 Å². The average molecular weight is 515 g/mol. The Labute approximate surface area is 217 Å². The van der Waals surface area contributed by atoms with Gasteiger partial charge in [-0.3, -0.25) is 0 Å². The molecule has 2 aromatic heterocycles. The molecule has 4 nitrogen and oxygen atoms in total. The van der Waals surface area contributed by atoms with Crippen LogP contribution in [0.5, 0.6) is 0 Å². The van der Waals surface area contributed by atoms with Crippen molar-refractivity contribution in [3.63, 3.8) is 0 Å². The van der Waals surface area contributed by atoms with Crippen molar-refractivity contribution in [3.8, 4) is 22.4 Å². The van der Waals surface area contributed by atoms with Crippen molar-refractivity contribution in [1.29, 1.82) is 0 Å². The molecule has 7 heteroatoms. The minimum absolute atomic E-state index is 0.660. The number of nitrogens with one attached hydrogen (secondary N) is 1. The summed E-state index contributed by atoms with van der Waals surface area (Å²) in [6.07, 6.45) is 3.82. The molecule has 0 radical (unpaired) electrons. The number of halogens is 2. The molecule has 0 unspecified atom stereocenters. The first kappa shape index (κ1) is 22.4. The normalized spacial score (nSPS) is 12.3. The maximum atomic E-state index is 6.26. The Kier molecular flexibility index (Phi) is 5.85. The Balaban J connectivity index is 1.69. The van der Waals surface area contributed by atoms with Crippen molar-refractivity contribution in [3.05, 3.63) is 94.0 Å². The van der Waals surface area contributed by atoms with Crippen LogP contribution < -0.4 is 5.32 Å². The number of benzene rings is 3. The van der Waals surface area contributed by atoms with Gasteiger partial charge in [-0.05, 0) is 72.2 Å². The van der Waals surface area contributed by atoms with E-state index >= 15 is 0 Å². The Morgan fingerprint density at radius 2 is 1.51 bits per heavy atom. The zero-order valence-corrected chi connectivity index (χ0v) is 21.2. The summed E-state index contributed by atoms with van der Waals surface area (Å²) in [5, 5.41) is 6.45. The van der Waals surface area contributed by atoms with E-state index in [1.807, 2.05) is 42.7 Å². The molecule has 6 rings (SSSR count). The summed E-state index contributed by atoms with van der Waals surface area (Å²) in [5.74, 6) is 0.723. The van der Waals surface area contributed by atoms with Crippen LogP contribution in [0, 0.1) is 0 Å². The Bertz CT molecular complexity index is 1570. The van der Waals surface area contributed by atoms with Gasteiger partial charge in [-0.25, -0.2) is 15.0 Å². The third kappa shape index (κ3) is 4.14. The lowest BCUT2D eigenvalue weighted by atomic mass is 9.84. The van der Waals surface area contributed by atoms with Gasteiger partial charge >= 0.3 is 0 Å². The summed E-state index contributed by atoms with van der Waals surface area (Å²) in [4.78, 5) is 14.9. The topological polar surface area (TPSA) is 50.7 Å². The summed E-state index contributed by atoms with van der Waals surface area (Å²) < 4.78 is 0. The fourth-order valence-electron chi connectivity index (χ4n) is 4.66. The van der Waals surface area contributed by atoms with Gasteiger partial charge in [-0.15, -0.1) is 0 Å². The highest BCUT2D eigenvalue weighted by molar-refractivity contribution is 7.98. The van der Waals surface area contributed by atoms with Crippen molar-refractivity contribution in [2.45, 2.75) is 18.0 Å². The molecule has 1 aliphatic rings. The zero-order chi connectivity index (χ0) is 23.9. The first-order valence-corrected chi connectivity index (χ1v) is 13.2. The first-order valence-electron chi connectivity index (χ1n) is 11.3. The van der Waals surface area contributed by atoms with Crippen LogP contribution in [-0.2, 0) is 12.8 Å². The number of aryl methyl sites for hydroxylation is 1.